The number of carbonyl (C=O) groups excluding carboxylic acids is 1. The standard InChI is InChI=1S/C12H16N6OS/c1-3-4-9-10-14-15-11(12-13-8(2)16-20-12)18(10)6-5-17(9)7-19/h7,9H,3-6H2,1-2H3. The fraction of sp³-hybridized carbons (Fsp3) is 0.583. The van der Waals surface area contributed by atoms with E-state index in [1.165, 1.54) is 11.5 Å². The number of nitrogens with zero attached hydrogens (tertiary/aromatic N) is 6. The molecule has 7 nitrogen and oxygen atoms in total. The number of carbonyl (C=O) groups is 1. The van der Waals surface area contributed by atoms with Crippen LogP contribution in [0.25, 0.3) is 10.8 Å². The predicted octanol–water partition coefficient (Wildman–Crippen LogP) is 1.42. The second-order valence-electron chi connectivity index (χ2n) is 4.83. The van der Waals surface area contributed by atoms with Crippen molar-refractivity contribution >= 4 is 17.9 Å². The molecular formula is C12H16N6OS. The number of amides is 1. The van der Waals surface area contributed by atoms with Crippen LogP contribution in [0.3, 0.4) is 0 Å². The molecule has 0 saturated heterocycles. The van der Waals surface area contributed by atoms with Crippen molar-refractivity contribution in [2.24, 2.45) is 0 Å². The van der Waals surface area contributed by atoms with Gasteiger partial charge in [-0.05, 0) is 24.9 Å². The number of aryl methyl sites for hydroxylation is 1. The minimum absolute atomic E-state index is 0.0153. The lowest BCUT2D eigenvalue weighted by Gasteiger charge is -2.32. The van der Waals surface area contributed by atoms with Gasteiger partial charge in [0.05, 0.1) is 6.04 Å². The SMILES string of the molecule is CCCC1c2nnc(-c3nc(C)ns3)n2CCN1C=O. The zero-order valence-electron chi connectivity index (χ0n) is 11.5. The summed E-state index contributed by atoms with van der Waals surface area (Å²) in [6, 6.07) is 0.0153. The van der Waals surface area contributed by atoms with E-state index in [0.29, 0.717) is 13.1 Å². The van der Waals surface area contributed by atoms with E-state index in [-0.39, 0.29) is 6.04 Å². The number of rotatable bonds is 4. The molecule has 1 atom stereocenters. The predicted molar refractivity (Wildman–Crippen MR) is 74.1 cm³/mol. The first-order valence-electron chi connectivity index (χ1n) is 6.69. The third-order valence-electron chi connectivity index (χ3n) is 3.48. The van der Waals surface area contributed by atoms with Gasteiger partial charge in [0.2, 0.25) is 6.41 Å². The molecule has 0 N–H and O–H groups in total. The first-order valence-corrected chi connectivity index (χ1v) is 7.46. The highest BCUT2D eigenvalue weighted by Crippen LogP contribution is 2.31. The Morgan fingerprint density at radius 1 is 1.40 bits per heavy atom. The Morgan fingerprint density at radius 2 is 2.25 bits per heavy atom. The van der Waals surface area contributed by atoms with Crippen LogP contribution in [0, 0.1) is 6.92 Å². The summed E-state index contributed by atoms with van der Waals surface area (Å²) in [5.41, 5.74) is 0. The molecule has 3 heterocycles. The lowest BCUT2D eigenvalue weighted by atomic mass is 10.1. The summed E-state index contributed by atoms with van der Waals surface area (Å²) in [6.07, 6.45) is 2.80. The summed E-state index contributed by atoms with van der Waals surface area (Å²) in [7, 11) is 0. The number of hydrogen-bond donors (Lipinski definition) is 0. The Kier molecular flexibility index (Phi) is 3.47. The van der Waals surface area contributed by atoms with E-state index in [9.17, 15) is 4.79 Å². The zero-order chi connectivity index (χ0) is 14.1. The maximum Gasteiger partial charge on any atom is 0.210 e. The van der Waals surface area contributed by atoms with Crippen LogP contribution in [0.4, 0.5) is 0 Å². The number of hydrogen-bond acceptors (Lipinski definition) is 6. The third kappa shape index (κ3) is 2.09. The van der Waals surface area contributed by atoms with Crippen molar-refractivity contribution < 1.29 is 4.79 Å². The van der Waals surface area contributed by atoms with Gasteiger partial charge >= 0.3 is 0 Å². The maximum absolute atomic E-state index is 11.2. The lowest BCUT2D eigenvalue weighted by molar-refractivity contribution is -0.121. The van der Waals surface area contributed by atoms with Crippen molar-refractivity contribution in [1.29, 1.82) is 0 Å². The average molecular weight is 292 g/mol. The summed E-state index contributed by atoms with van der Waals surface area (Å²) in [5.74, 6) is 2.36. The fourth-order valence-electron chi connectivity index (χ4n) is 2.54. The quantitative estimate of drug-likeness (QED) is 0.796. The van der Waals surface area contributed by atoms with Crippen molar-refractivity contribution in [2.45, 2.75) is 39.3 Å². The van der Waals surface area contributed by atoms with E-state index in [0.717, 1.165) is 41.7 Å². The summed E-state index contributed by atoms with van der Waals surface area (Å²) < 4.78 is 6.26. The Labute approximate surface area is 120 Å². The van der Waals surface area contributed by atoms with Crippen LogP contribution in [-0.2, 0) is 11.3 Å². The topological polar surface area (TPSA) is 76.8 Å². The minimum atomic E-state index is 0.0153. The molecular weight excluding hydrogens is 276 g/mol. The van der Waals surface area contributed by atoms with Gasteiger partial charge in [-0.2, -0.15) is 4.37 Å². The van der Waals surface area contributed by atoms with Gasteiger partial charge in [0, 0.05) is 13.1 Å². The Morgan fingerprint density at radius 3 is 2.90 bits per heavy atom. The van der Waals surface area contributed by atoms with Crippen molar-refractivity contribution in [3.05, 3.63) is 11.6 Å². The monoisotopic (exact) mass is 292 g/mol. The van der Waals surface area contributed by atoms with E-state index in [4.69, 9.17) is 0 Å². The smallest absolute Gasteiger partial charge is 0.210 e. The average Bonchev–Trinajstić information content (AvgIpc) is 3.05. The highest BCUT2D eigenvalue weighted by atomic mass is 32.1. The van der Waals surface area contributed by atoms with Gasteiger partial charge in [-0.3, -0.25) is 4.79 Å². The van der Waals surface area contributed by atoms with E-state index >= 15 is 0 Å². The van der Waals surface area contributed by atoms with Crippen LogP contribution in [-0.4, -0.2) is 42.0 Å². The second kappa shape index (κ2) is 5.28. The van der Waals surface area contributed by atoms with Gasteiger partial charge in [-0.25, -0.2) is 4.98 Å². The van der Waals surface area contributed by atoms with Gasteiger partial charge in [-0.1, -0.05) is 13.3 Å². The summed E-state index contributed by atoms with van der Waals surface area (Å²) in [4.78, 5) is 17.4. The van der Waals surface area contributed by atoms with E-state index in [2.05, 4.69) is 31.0 Å². The van der Waals surface area contributed by atoms with Gasteiger partial charge in [0.1, 0.15) is 5.82 Å². The molecule has 0 fully saturated rings. The fourth-order valence-corrected chi connectivity index (χ4v) is 3.21. The first kappa shape index (κ1) is 13.2. The molecule has 0 aliphatic carbocycles. The Bertz CT molecular complexity index is 621. The Balaban J connectivity index is 2.01. The summed E-state index contributed by atoms with van der Waals surface area (Å²) in [6.45, 7) is 5.36. The molecule has 1 aliphatic rings. The molecule has 8 heteroatoms. The molecule has 1 amide bonds. The molecule has 106 valence electrons. The van der Waals surface area contributed by atoms with Crippen LogP contribution in [0.2, 0.25) is 0 Å². The highest BCUT2D eigenvalue weighted by Gasteiger charge is 2.30. The van der Waals surface area contributed by atoms with Gasteiger partial charge in [0.25, 0.3) is 0 Å². The molecule has 2 aromatic heterocycles. The highest BCUT2D eigenvalue weighted by molar-refractivity contribution is 7.09. The number of aromatic nitrogens is 5. The van der Waals surface area contributed by atoms with Crippen LogP contribution in [0.5, 0.6) is 0 Å². The zero-order valence-corrected chi connectivity index (χ0v) is 12.3. The van der Waals surface area contributed by atoms with Crippen molar-refractivity contribution in [3.63, 3.8) is 0 Å². The number of fused-ring (bicyclic) bond motifs is 1. The third-order valence-corrected chi connectivity index (χ3v) is 4.28. The van der Waals surface area contributed by atoms with Crippen LogP contribution >= 0.6 is 11.5 Å². The van der Waals surface area contributed by atoms with Crippen LogP contribution in [0.1, 0.15) is 37.5 Å². The second-order valence-corrected chi connectivity index (χ2v) is 5.58. The van der Waals surface area contributed by atoms with E-state index in [1.807, 2.05) is 11.8 Å². The molecule has 0 bridgehead atoms. The normalized spacial score (nSPS) is 18.1. The molecule has 1 unspecified atom stereocenters. The Hall–Kier alpha value is -1.83. The van der Waals surface area contributed by atoms with Crippen LogP contribution < -0.4 is 0 Å². The maximum atomic E-state index is 11.2. The van der Waals surface area contributed by atoms with Crippen molar-refractivity contribution in [2.75, 3.05) is 6.54 Å². The molecule has 3 rings (SSSR count). The lowest BCUT2D eigenvalue weighted by Crippen LogP contribution is -2.37. The molecule has 20 heavy (non-hydrogen) atoms. The van der Waals surface area contributed by atoms with E-state index < -0.39 is 0 Å². The molecule has 0 saturated carbocycles. The van der Waals surface area contributed by atoms with Gasteiger partial charge in [0.15, 0.2) is 16.7 Å². The van der Waals surface area contributed by atoms with Gasteiger partial charge in [-0.15, -0.1) is 10.2 Å². The first-order chi connectivity index (χ1) is 9.74. The summed E-state index contributed by atoms with van der Waals surface area (Å²) >= 11 is 1.33. The van der Waals surface area contributed by atoms with Crippen LogP contribution in [0.15, 0.2) is 0 Å². The molecule has 0 spiro atoms. The van der Waals surface area contributed by atoms with Crippen molar-refractivity contribution in [1.82, 2.24) is 29.0 Å². The molecule has 1 aliphatic heterocycles. The molecule has 0 radical (unpaired) electrons. The largest absolute Gasteiger partial charge is 0.333 e. The van der Waals surface area contributed by atoms with E-state index in [1.54, 1.807) is 0 Å². The van der Waals surface area contributed by atoms with Crippen molar-refractivity contribution in [3.8, 4) is 10.8 Å². The molecule has 0 aromatic carbocycles. The molecule has 2 aromatic rings. The minimum Gasteiger partial charge on any atom is -0.333 e. The van der Waals surface area contributed by atoms with Gasteiger partial charge < -0.3 is 9.47 Å². The summed E-state index contributed by atoms with van der Waals surface area (Å²) in [5, 5.41) is 9.34.